The second kappa shape index (κ2) is 9.43. The van der Waals surface area contributed by atoms with Gasteiger partial charge in [-0.1, -0.05) is 29.3 Å². The Morgan fingerprint density at radius 3 is 2.86 bits per heavy atom. The van der Waals surface area contributed by atoms with Gasteiger partial charge < -0.3 is 20.5 Å². The highest BCUT2D eigenvalue weighted by molar-refractivity contribution is 6.42. The van der Waals surface area contributed by atoms with Crippen molar-refractivity contribution in [1.82, 2.24) is 10.6 Å². The molecule has 8 heteroatoms. The fraction of sp³-hybridized carbons (Fsp3) is 0.500. The van der Waals surface area contributed by atoms with Gasteiger partial charge in [0.05, 0.1) is 24.2 Å². The average Bonchev–Trinajstić information content (AvgIpc) is 2.87. The lowest BCUT2D eigenvalue weighted by Crippen LogP contribution is -2.34. The normalized spacial score (nSPS) is 20.3. The molecule has 1 aromatic rings. The maximum atomic E-state index is 11.7. The molecule has 1 saturated heterocycles. The molecule has 0 aliphatic carbocycles. The van der Waals surface area contributed by atoms with Gasteiger partial charge in [0.1, 0.15) is 10.8 Å². The van der Waals surface area contributed by atoms with E-state index in [0.717, 1.165) is 6.54 Å². The quantitative estimate of drug-likeness (QED) is 0.716. The topological polar surface area (TPSA) is 70.6 Å². The van der Waals surface area contributed by atoms with Gasteiger partial charge >= 0.3 is 0 Å². The maximum Gasteiger partial charge on any atom is 0.223 e. The summed E-state index contributed by atoms with van der Waals surface area (Å²) in [6, 6.07) is 5.11. The summed E-state index contributed by atoms with van der Waals surface area (Å²) in [5.41, 5.74) is 0. The highest BCUT2D eigenvalue weighted by atomic mass is 35.5. The van der Waals surface area contributed by atoms with Gasteiger partial charge in [0, 0.05) is 25.6 Å². The van der Waals surface area contributed by atoms with Crippen LogP contribution in [0.3, 0.4) is 0 Å². The fourth-order valence-electron chi connectivity index (χ4n) is 2.11. The Labute approximate surface area is 145 Å². The number of hydrogen-bond donors (Lipinski definition) is 3. The first kappa shape index (κ1) is 19.3. The van der Waals surface area contributed by atoms with E-state index in [-0.39, 0.29) is 37.3 Å². The lowest BCUT2D eigenvalue weighted by atomic mass is 10.1. The van der Waals surface area contributed by atoms with Crippen LogP contribution in [0.15, 0.2) is 18.2 Å². The van der Waals surface area contributed by atoms with Crippen LogP contribution in [0.25, 0.3) is 0 Å². The molecular weight excluding hydrogens is 351 g/mol. The number of ether oxygens (including phenoxy) is 1. The highest BCUT2D eigenvalue weighted by Crippen LogP contribution is 2.31. The largest absolute Gasteiger partial charge is 0.491 e. The molecule has 2 unspecified atom stereocenters. The van der Waals surface area contributed by atoms with E-state index in [1.165, 1.54) is 0 Å². The van der Waals surface area contributed by atoms with Crippen molar-refractivity contribution in [2.75, 3.05) is 26.2 Å². The molecule has 1 heterocycles. The lowest BCUT2D eigenvalue weighted by Gasteiger charge is -2.14. The average molecular weight is 370 g/mol. The van der Waals surface area contributed by atoms with E-state index in [9.17, 15) is 9.90 Å². The number of benzene rings is 1. The van der Waals surface area contributed by atoms with Crippen molar-refractivity contribution < 1.29 is 14.6 Å². The van der Waals surface area contributed by atoms with Gasteiger partial charge in [-0.25, -0.2) is 0 Å². The van der Waals surface area contributed by atoms with Gasteiger partial charge in [0.15, 0.2) is 0 Å². The van der Waals surface area contributed by atoms with E-state index < -0.39 is 6.10 Å². The van der Waals surface area contributed by atoms with Crippen molar-refractivity contribution in [2.45, 2.75) is 12.5 Å². The molecule has 1 amide bonds. The first-order valence-electron chi connectivity index (χ1n) is 6.80. The summed E-state index contributed by atoms with van der Waals surface area (Å²) in [5, 5.41) is 16.2. The minimum absolute atomic E-state index is 0. The molecular formula is C14H19Cl3N2O3. The van der Waals surface area contributed by atoms with Crippen LogP contribution >= 0.6 is 35.6 Å². The minimum Gasteiger partial charge on any atom is -0.491 e. The first-order chi connectivity index (χ1) is 10.1. The van der Waals surface area contributed by atoms with Crippen LogP contribution in [0.4, 0.5) is 0 Å². The van der Waals surface area contributed by atoms with Gasteiger partial charge in [0.25, 0.3) is 0 Å². The van der Waals surface area contributed by atoms with Crippen LogP contribution in [0, 0.1) is 5.92 Å². The van der Waals surface area contributed by atoms with Gasteiger partial charge in [0.2, 0.25) is 5.91 Å². The van der Waals surface area contributed by atoms with Gasteiger partial charge in [-0.2, -0.15) is 0 Å². The Morgan fingerprint density at radius 1 is 1.41 bits per heavy atom. The third-order valence-electron chi connectivity index (χ3n) is 3.37. The van der Waals surface area contributed by atoms with Gasteiger partial charge in [-0.15, -0.1) is 12.4 Å². The van der Waals surface area contributed by atoms with Gasteiger partial charge in [-0.3, -0.25) is 4.79 Å². The Hall–Kier alpha value is -0.720. The van der Waals surface area contributed by atoms with Crippen LogP contribution < -0.4 is 15.4 Å². The van der Waals surface area contributed by atoms with Crippen molar-refractivity contribution in [2.24, 2.45) is 5.92 Å². The second-order valence-electron chi connectivity index (χ2n) is 4.94. The number of aliphatic hydroxyl groups is 1. The zero-order valence-corrected chi connectivity index (χ0v) is 14.2. The third-order valence-corrected chi connectivity index (χ3v) is 4.17. The smallest absolute Gasteiger partial charge is 0.223 e. The molecule has 3 N–H and O–H groups in total. The number of aliphatic hydroxyl groups excluding tert-OH is 1. The summed E-state index contributed by atoms with van der Waals surface area (Å²) in [4.78, 5) is 11.7. The Bertz CT molecular complexity index is 502. The number of nitrogens with one attached hydrogen (secondary N) is 2. The summed E-state index contributed by atoms with van der Waals surface area (Å²) < 4.78 is 5.44. The maximum absolute atomic E-state index is 11.7. The van der Waals surface area contributed by atoms with Crippen LogP contribution in [0.5, 0.6) is 5.75 Å². The number of hydrogen-bond acceptors (Lipinski definition) is 4. The number of amides is 1. The molecule has 5 nitrogen and oxygen atoms in total. The Morgan fingerprint density at radius 2 is 2.18 bits per heavy atom. The van der Waals surface area contributed by atoms with E-state index in [4.69, 9.17) is 27.9 Å². The zero-order chi connectivity index (χ0) is 15.2. The molecule has 1 aliphatic heterocycles. The number of carbonyl (C=O) groups is 1. The molecule has 0 radical (unpaired) electrons. The predicted octanol–water partition coefficient (Wildman–Crippen LogP) is 1.88. The molecule has 1 fully saturated rings. The van der Waals surface area contributed by atoms with Crippen molar-refractivity contribution >= 4 is 41.5 Å². The fourth-order valence-corrected chi connectivity index (χ4v) is 2.46. The Kier molecular flexibility index (Phi) is 8.28. The summed E-state index contributed by atoms with van der Waals surface area (Å²) in [5.74, 6) is 0.414. The molecule has 0 aromatic heterocycles. The number of halogens is 3. The summed E-state index contributed by atoms with van der Waals surface area (Å²) in [6.45, 7) is 1.98. The van der Waals surface area contributed by atoms with Crippen molar-refractivity contribution in [3.8, 4) is 5.75 Å². The molecule has 2 rings (SSSR count). The molecule has 0 spiro atoms. The molecule has 0 saturated carbocycles. The molecule has 1 aromatic carbocycles. The zero-order valence-electron chi connectivity index (χ0n) is 11.9. The van der Waals surface area contributed by atoms with Gasteiger partial charge in [-0.05, 0) is 12.1 Å². The lowest BCUT2D eigenvalue weighted by molar-refractivity contribution is -0.121. The summed E-state index contributed by atoms with van der Waals surface area (Å²) in [7, 11) is 0. The van der Waals surface area contributed by atoms with Crippen LogP contribution in [-0.4, -0.2) is 43.4 Å². The second-order valence-corrected chi connectivity index (χ2v) is 5.73. The van der Waals surface area contributed by atoms with E-state index in [1.54, 1.807) is 18.2 Å². The minimum atomic E-state index is -0.396. The van der Waals surface area contributed by atoms with E-state index in [0.29, 0.717) is 28.9 Å². The molecule has 1 aliphatic rings. The predicted molar refractivity (Wildman–Crippen MR) is 89.2 cm³/mol. The van der Waals surface area contributed by atoms with Crippen LogP contribution in [0.2, 0.25) is 10.0 Å². The standard InChI is InChI=1S/C14H18Cl2N2O3.ClH/c15-10-2-1-3-12(14(10)16)21-5-4-13(20)18-7-9-6-17-8-11(9)19;/h1-3,9,11,17,19H,4-8H2,(H,18,20);1H. The van der Waals surface area contributed by atoms with Crippen molar-refractivity contribution in [3.63, 3.8) is 0 Å². The Balaban J connectivity index is 0.00000242. The molecule has 0 bridgehead atoms. The molecule has 22 heavy (non-hydrogen) atoms. The van der Waals surface area contributed by atoms with Crippen molar-refractivity contribution in [3.05, 3.63) is 28.2 Å². The monoisotopic (exact) mass is 368 g/mol. The molecule has 124 valence electrons. The van der Waals surface area contributed by atoms with E-state index in [2.05, 4.69) is 10.6 Å². The number of β-amino-alcohol motifs (C(OH)–C–C–N with tert-alkyl or cyclic N) is 1. The van der Waals surface area contributed by atoms with E-state index >= 15 is 0 Å². The first-order valence-corrected chi connectivity index (χ1v) is 7.56. The SMILES string of the molecule is Cl.O=C(CCOc1cccc(Cl)c1Cl)NCC1CNCC1O. The summed E-state index contributed by atoms with van der Waals surface area (Å²) in [6.07, 6.45) is -0.175. The number of carbonyl (C=O) groups excluding carboxylic acids is 1. The van der Waals surface area contributed by atoms with Crippen LogP contribution in [-0.2, 0) is 4.79 Å². The van der Waals surface area contributed by atoms with Crippen LogP contribution in [0.1, 0.15) is 6.42 Å². The summed E-state index contributed by atoms with van der Waals surface area (Å²) >= 11 is 11.9. The third kappa shape index (κ3) is 5.48. The molecule has 2 atom stereocenters. The number of rotatable bonds is 6. The highest BCUT2D eigenvalue weighted by Gasteiger charge is 2.24. The van der Waals surface area contributed by atoms with E-state index in [1.807, 2.05) is 0 Å². The van der Waals surface area contributed by atoms with Crippen molar-refractivity contribution in [1.29, 1.82) is 0 Å².